The highest BCUT2D eigenvalue weighted by Gasteiger charge is 2.11. The molecule has 27 heavy (non-hydrogen) atoms. The van der Waals surface area contributed by atoms with Gasteiger partial charge in [0, 0.05) is 28.9 Å². The minimum atomic E-state index is -0.495. The standard InChI is InChI=1S/C19H19FIN5O/c1-2-14(12-5-6-23-18(20)9-12)22-7-8-24-19(27)17-11-25-16-10-13(21)3-4-15(16)26-17/h3-6,9-11,14,22H,2,7-8H2,1H3,(H,24,27). The minimum Gasteiger partial charge on any atom is -0.349 e. The number of halogens is 2. The Labute approximate surface area is 170 Å². The van der Waals surface area contributed by atoms with Crippen LogP contribution in [0, 0.1) is 9.52 Å². The van der Waals surface area contributed by atoms with E-state index >= 15 is 0 Å². The maximum absolute atomic E-state index is 13.3. The van der Waals surface area contributed by atoms with Crippen molar-refractivity contribution in [3.05, 3.63) is 63.5 Å². The second kappa shape index (κ2) is 9.14. The molecule has 1 atom stereocenters. The summed E-state index contributed by atoms with van der Waals surface area (Å²) in [5.74, 6) is -0.765. The quantitative estimate of drug-likeness (QED) is 0.309. The number of rotatable bonds is 7. The molecule has 1 amide bonds. The molecule has 0 spiro atoms. The van der Waals surface area contributed by atoms with E-state index in [2.05, 4.69) is 48.2 Å². The minimum absolute atomic E-state index is 0.00216. The summed E-state index contributed by atoms with van der Waals surface area (Å²) in [6.07, 6.45) is 3.73. The van der Waals surface area contributed by atoms with E-state index in [1.165, 1.54) is 18.5 Å². The zero-order valence-electron chi connectivity index (χ0n) is 14.7. The lowest BCUT2D eigenvalue weighted by Crippen LogP contribution is -2.34. The van der Waals surface area contributed by atoms with E-state index in [1.54, 1.807) is 6.07 Å². The normalized spacial score (nSPS) is 12.1. The molecule has 8 heteroatoms. The summed E-state index contributed by atoms with van der Waals surface area (Å²) in [4.78, 5) is 24.5. The van der Waals surface area contributed by atoms with Gasteiger partial charge in [-0.1, -0.05) is 6.92 Å². The topological polar surface area (TPSA) is 79.8 Å². The zero-order valence-corrected chi connectivity index (χ0v) is 16.9. The Hall–Kier alpha value is -2.20. The van der Waals surface area contributed by atoms with Crippen LogP contribution in [0.3, 0.4) is 0 Å². The van der Waals surface area contributed by atoms with Crippen molar-refractivity contribution >= 4 is 39.5 Å². The zero-order chi connectivity index (χ0) is 19.2. The maximum atomic E-state index is 13.3. The molecule has 0 aliphatic carbocycles. The first kappa shape index (κ1) is 19.6. The van der Waals surface area contributed by atoms with E-state index < -0.39 is 5.95 Å². The number of carbonyl (C=O) groups excluding carboxylic acids is 1. The van der Waals surface area contributed by atoms with Gasteiger partial charge in [-0.05, 0) is 64.9 Å². The number of carbonyl (C=O) groups is 1. The van der Waals surface area contributed by atoms with E-state index in [9.17, 15) is 9.18 Å². The first-order valence-electron chi connectivity index (χ1n) is 8.62. The SMILES string of the molecule is CCC(NCCNC(=O)c1cnc2cc(I)ccc2n1)c1ccnc(F)c1. The predicted molar refractivity (Wildman–Crippen MR) is 110 cm³/mol. The van der Waals surface area contributed by atoms with Crippen LogP contribution in [0.25, 0.3) is 11.0 Å². The molecular weight excluding hydrogens is 460 g/mol. The number of fused-ring (bicyclic) bond motifs is 1. The van der Waals surface area contributed by atoms with Crippen LogP contribution in [-0.4, -0.2) is 33.9 Å². The molecule has 0 bridgehead atoms. The van der Waals surface area contributed by atoms with Crippen LogP contribution in [0.4, 0.5) is 4.39 Å². The highest BCUT2D eigenvalue weighted by Crippen LogP contribution is 2.16. The van der Waals surface area contributed by atoms with Gasteiger partial charge in [-0.2, -0.15) is 4.39 Å². The molecule has 0 saturated carbocycles. The summed E-state index contributed by atoms with van der Waals surface area (Å²) in [6.45, 7) is 2.99. The Morgan fingerprint density at radius 3 is 2.81 bits per heavy atom. The van der Waals surface area contributed by atoms with Crippen LogP contribution >= 0.6 is 22.6 Å². The summed E-state index contributed by atoms with van der Waals surface area (Å²) < 4.78 is 14.3. The van der Waals surface area contributed by atoms with E-state index in [4.69, 9.17) is 0 Å². The Bertz CT molecular complexity index is 952. The Kier molecular flexibility index (Phi) is 6.62. The van der Waals surface area contributed by atoms with Gasteiger partial charge in [0.2, 0.25) is 5.95 Å². The van der Waals surface area contributed by atoms with Crippen molar-refractivity contribution < 1.29 is 9.18 Å². The van der Waals surface area contributed by atoms with Gasteiger partial charge < -0.3 is 10.6 Å². The molecule has 0 radical (unpaired) electrons. The summed E-state index contributed by atoms with van der Waals surface area (Å²) in [6, 6.07) is 8.90. The second-order valence-electron chi connectivity index (χ2n) is 5.97. The highest BCUT2D eigenvalue weighted by atomic mass is 127. The Balaban J connectivity index is 1.54. The molecule has 140 valence electrons. The third-order valence-electron chi connectivity index (χ3n) is 4.10. The van der Waals surface area contributed by atoms with Crippen molar-refractivity contribution in [3.8, 4) is 0 Å². The lowest BCUT2D eigenvalue weighted by molar-refractivity contribution is 0.0948. The van der Waals surface area contributed by atoms with Crippen molar-refractivity contribution in [2.75, 3.05) is 13.1 Å². The van der Waals surface area contributed by atoms with E-state index in [-0.39, 0.29) is 17.6 Å². The molecule has 2 heterocycles. The van der Waals surface area contributed by atoms with Crippen molar-refractivity contribution in [1.29, 1.82) is 0 Å². The molecule has 0 aliphatic heterocycles. The summed E-state index contributed by atoms with van der Waals surface area (Å²) in [5.41, 5.74) is 2.57. The van der Waals surface area contributed by atoms with Gasteiger partial charge >= 0.3 is 0 Å². The number of benzene rings is 1. The maximum Gasteiger partial charge on any atom is 0.271 e. The van der Waals surface area contributed by atoms with Crippen LogP contribution in [-0.2, 0) is 0 Å². The van der Waals surface area contributed by atoms with Gasteiger partial charge in [-0.15, -0.1) is 0 Å². The lowest BCUT2D eigenvalue weighted by atomic mass is 10.1. The van der Waals surface area contributed by atoms with Gasteiger partial charge in [-0.25, -0.2) is 9.97 Å². The van der Waals surface area contributed by atoms with Gasteiger partial charge in [0.25, 0.3) is 5.91 Å². The molecule has 6 nitrogen and oxygen atoms in total. The molecular formula is C19H19FIN5O. The molecule has 0 fully saturated rings. The van der Waals surface area contributed by atoms with Gasteiger partial charge in [0.1, 0.15) is 5.69 Å². The Morgan fingerprint density at radius 2 is 2.04 bits per heavy atom. The lowest BCUT2D eigenvalue weighted by Gasteiger charge is -2.17. The van der Waals surface area contributed by atoms with Crippen LogP contribution in [0.5, 0.6) is 0 Å². The number of amides is 1. The molecule has 3 rings (SSSR count). The van der Waals surface area contributed by atoms with Gasteiger partial charge in [0.15, 0.2) is 0 Å². The van der Waals surface area contributed by atoms with E-state index in [0.29, 0.717) is 18.6 Å². The summed E-state index contributed by atoms with van der Waals surface area (Å²) in [7, 11) is 0. The van der Waals surface area contributed by atoms with Crippen molar-refractivity contribution in [2.45, 2.75) is 19.4 Å². The third kappa shape index (κ3) is 5.16. The fraction of sp³-hybridized carbons (Fsp3) is 0.263. The molecule has 1 aromatic carbocycles. The largest absolute Gasteiger partial charge is 0.349 e. The molecule has 0 saturated heterocycles. The van der Waals surface area contributed by atoms with E-state index in [1.807, 2.05) is 25.1 Å². The second-order valence-corrected chi connectivity index (χ2v) is 7.22. The number of nitrogens with zero attached hydrogens (tertiary/aromatic N) is 3. The van der Waals surface area contributed by atoms with Gasteiger partial charge in [-0.3, -0.25) is 9.78 Å². The van der Waals surface area contributed by atoms with Crippen LogP contribution in [0.15, 0.2) is 42.7 Å². The molecule has 1 unspecified atom stereocenters. The number of nitrogens with one attached hydrogen (secondary N) is 2. The molecule has 0 aliphatic rings. The average Bonchev–Trinajstić information content (AvgIpc) is 2.67. The highest BCUT2D eigenvalue weighted by molar-refractivity contribution is 14.1. The number of pyridine rings is 1. The van der Waals surface area contributed by atoms with Crippen molar-refractivity contribution in [1.82, 2.24) is 25.6 Å². The number of hydrogen-bond acceptors (Lipinski definition) is 5. The Morgan fingerprint density at radius 1 is 1.19 bits per heavy atom. The van der Waals surface area contributed by atoms with Crippen LogP contribution in [0.2, 0.25) is 0 Å². The van der Waals surface area contributed by atoms with Crippen molar-refractivity contribution in [2.24, 2.45) is 0 Å². The smallest absolute Gasteiger partial charge is 0.271 e. The van der Waals surface area contributed by atoms with Crippen molar-refractivity contribution in [3.63, 3.8) is 0 Å². The molecule has 3 aromatic rings. The summed E-state index contributed by atoms with van der Waals surface area (Å²) >= 11 is 2.21. The molecule has 2 N–H and O–H groups in total. The van der Waals surface area contributed by atoms with Crippen LogP contribution < -0.4 is 10.6 Å². The molecule has 2 aromatic heterocycles. The van der Waals surface area contributed by atoms with Crippen LogP contribution in [0.1, 0.15) is 35.4 Å². The first-order valence-corrected chi connectivity index (χ1v) is 9.70. The number of hydrogen-bond donors (Lipinski definition) is 2. The monoisotopic (exact) mass is 479 g/mol. The summed E-state index contributed by atoms with van der Waals surface area (Å²) in [5, 5.41) is 6.14. The number of aromatic nitrogens is 3. The van der Waals surface area contributed by atoms with E-state index in [0.717, 1.165) is 21.1 Å². The fourth-order valence-corrected chi connectivity index (χ4v) is 3.21. The average molecular weight is 479 g/mol. The first-order chi connectivity index (χ1) is 13.1. The fourth-order valence-electron chi connectivity index (χ4n) is 2.74. The third-order valence-corrected chi connectivity index (χ3v) is 4.77. The predicted octanol–water partition coefficient (Wildman–Crippen LogP) is 3.24. The van der Waals surface area contributed by atoms with Gasteiger partial charge in [0.05, 0.1) is 17.2 Å².